The highest BCUT2D eigenvalue weighted by Crippen LogP contribution is 2.33. The molecule has 0 atom stereocenters. The van der Waals surface area contributed by atoms with Crippen molar-refractivity contribution in [2.45, 2.75) is 64.8 Å². The van der Waals surface area contributed by atoms with Gasteiger partial charge in [-0.2, -0.15) is 0 Å². The molecule has 0 radical (unpaired) electrons. The first-order valence-electron chi connectivity index (χ1n) is 10.2. The van der Waals surface area contributed by atoms with Crippen LogP contribution in [0.15, 0.2) is 35.4 Å². The Kier molecular flexibility index (Phi) is 5.30. The summed E-state index contributed by atoms with van der Waals surface area (Å²) in [5.74, 6) is -0.0963. The van der Waals surface area contributed by atoms with E-state index in [0.29, 0.717) is 6.54 Å². The van der Waals surface area contributed by atoms with Crippen molar-refractivity contribution in [2.75, 3.05) is 5.32 Å². The highest BCUT2D eigenvalue weighted by molar-refractivity contribution is 7.18. The van der Waals surface area contributed by atoms with E-state index >= 15 is 0 Å². The van der Waals surface area contributed by atoms with Gasteiger partial charge in [0.15, 0.2) is 0 Å². The fraction of sp³-hybridized carbons (Fsp3) is 0.435. The first-order chi connectivity index (χ1) is 13.8. The Labute approximate surface area is 174 Å². The lowest BCUT2D eigenvalue weighted by Crippen LogP contribution is -2.24. The Balaban J connectivity index is 1.51. The maximum atomic E-state index is 13.0. The van der Waals surface area contributed by atoms with Crippen LogP contribution < -0.4 is 10.9 Å². The fourth-order valence-corrected chi connectivity index (χ4v) is 5.24. The van der Waals surface area contributed by atoms with E-state index in [-0.39, 0.29) is 23.3 Å². The maximum Gasteiger partial charge on any atom is 0.262 e. The average Bonchev–Trinajstić information content (AvgIpc) is 3.06. The standard InChI is InChI=1S/C23H27N3O2S/c1-23(2,3)16-9-5-6-10-17(16)25-19(27)12-13-26-14-24-21-20(22(26)28)15-8-4-7-11-18(15)29-21/h5-6,9-10,14H,4,7-8,11-13H2,1-3H3,(H,25,27). The predicted molar refractivity (Wildman–Crippen MR) is 119 cm³/mol. The van der Waals surface area contributed by atoms with E-state index in [4.69, 9.17) is 0 Å². The molecular weight excluding hydrogens is 382 g/mol. The monoisotopic (exact) mass is 409 g/mol. The Hall–Kier alpha value is -2.47. The number of nitrogens with zero attached hydrogens (tertiary/aromatic N) is 2. The van der Waals surface area contributed by atoms with Gasteiger partial charge in [-0.1, -0.05) is 39.0 Å². The molecule has 1 amide bonds. The van der Waals surface area contributed by atoms with Gasteiger partial charge in [0.05, 0.1) is 11.7 Å². The molecule has 1 aromatic carbocycles. The number of amides is 1. The van der Waals surface area contributed by atoms with E-state index in [1.54, 1.807) is 22.2 Å². The van der Waals surface area contributed by atoms with Crippen molar-refractivity contribution in [1.29, 1.82) is 0 Å². The van der Waals surface area contributed by atoms with E-state index in [1.807, 2.05) is 24.3 Å². The minimum atomic E-state index is -0.0963. The van der Waals surface area contributed by atoms with Crippen LogP contribution in [0.1, 0.15) is 56.0 Å². The molecular formula is C23H27N3O2S. The second kappa shape index (κ2) is 7.75. The lowest BCUT2D eigenvalue weighted by molar-refractivity contribution is -0.116. The van der Waals surface area contributed by atoms with Crippen LogP contribution in [-0.2, 0) is 29.6 Å². The van der Waals surface area contributed by atoms with Gasteiger partial charge in [0, 0.05) is 23.5 Å². The normalized spacial score (nSPS) is 14.0. The Morgan fingerprint density at radius 3 is 2.76 bits per heavy atom. The van der Waals surface area contributed by atoms with Crippen molar-refractivity contribution in [1.82, 2.24) is 9.55 Å². The zero-order valence-electron chi connectivity index (χ0n) is 17.2. The van der Waals surface area contributed by atoms with E-state index in [0.717, 1.165) is 40.7 Å². The molecule has 1 aliphatic rings. The number of carbonyl (C=O) groups excluding carboxylic acids is 1. The van der Waals surface area contributed by atoms with Crippen molar-refractivity contribution in [3.63, 3.8) is 0 Å². The first-order valence-corrected chi connectivity index (χ1v) is 11.1. The van der Waals surface area contributed by atoms with E-state index in [9.17, 15) is 9.59 Å². The molecule has 5 nitrogen and oxygen atoms in total. The second-order valence-corrected chi connectivity index (χ2v) is 9.81. The Bertz CT molecular complexity index is 1120. The molecule has 2 aromatic heterocycles. The molecule has 152 valence electrons. The molecule has 1 aliphatic carbocycles. The topological polar surface area (TPSA) is 64.0 Å². The van der Waals surface area contributed by atoms with Crippen molar-refractivity contribution in [3.8, 4) is 0 Å². The summed E-state index contributed by atoms with van der Waals surface area (Å²) in [5.41, 5.74) is 3.04. The lowest BCUT2D eigenvalue weighted by atomic mass is 9.86. The van der Waals surface area contributed by atoms with Gasteiger partial charge in [-0.05, 0) is 48.3 Å². The average molecular weight is 410 g/mol. The molecule has 29 heavy (non-hydrogen) atoms. The van der Waals surface area contributed by atoms with Gasteiger partial charge in [0.1, 0.15) is 4.83 Å². The van der Waals surface area contributed by atoms with Crippen LogP contribution >= 0.6 is 11.3 Å². The molecule has 0 spiro atoms. The van der Waals surface area contributed by atoms with Crippen molar-refractivity contribution in [3.05, 3.63) is 57.0 Å². The zero-order chi connectivity index (χ0) is 20.6. The number of para-hydroxylation sites is 1. The van der Waals surface area contributed by atoms with Crippen LogP contribution in [0.25, 0.3) is 10.2 Å². The third-order valence-electron chi connectivity index (χ3n) is 5.53. The number of anilines is 1. The summed E-state index contributed by atoms with van der Waals surface area (Å²) < 4.78 is 1.58. The van der Waals surface area contributed by atoms with Crippen LogP contribution in [-0.4, -0.2) is 15.5 Å². The third-order valence-corrected chi connectivity index (χ3v) is 6.73. The highest BCUT2D eigenvalue weighted by Gasteiger charge is 2.21. The van der Waals surface area contributed by atoms with Gasteiger partial charge in [-0.3, -0.25) is 14.2 Å². The zero-order valence-corrected chi connectivity index (χ0v) is 18.1. The van der Waals surface area contributed by atoms with Gasteiger partial charge in [0.25, 0.3) is 5.56 Å². The molecule has 0 saturated heterocycles. The summed E-state index contributed by atoms with van der Waals surface area (Å²) in [6, 6.07) is 7.87. The van der Waals surface area contributed by atoms with Gasteiger partial charge in [0.2, 0.25) is 5.91 Å². The number of benzene rings is 1. The molecule has 0 unspecified atom stereocenters. The highest BCUT2D eigenvalue weighted by atomic mass is 32.1. The van der Waals surface area contributed by atoms with E-state index < -0.39 is 0 Å². The second-order valence-electron chi connectivity index (χ2n) is 8.73. The van der Waals surface area contributed by atoms with Crippen LogP contribution in [0.5, 0.6) is 0 Å². The number of aryl methyl sites for hydroxylation is 3. The number of rotatable bonds is 4. The minimum absolute atomic E-state index is 0.0164. The van der Waals surface area contributed by atoms with Crippen LogP contribution in [0.3, 0.4) is 0 Å². The summed E-state index contributed by atoms with van der Waals surface area (Å²) >= 11 is 1.65. The third kappa shape index (κ3) is 3.99. The molecule has 3 aromatic rings. The summed E-state index contributed by atoms with van der Waals surface area (Å²) in [5, 5.41) is 3.79. The predicted octanol–water partition coefficient (Wildman–Crippen LogP) is 4.66. The molecule has 0 aliphatic heterocycles. The quantitative estimate of drug-likeness (QED) is 0.681. The number of hydrogen-bond donors (Lipinski definition) is 1. The van der Waals surface area contributed by atoms with Gasteiger partial charge in [-0.15, -0.1) is 11.3 Å². The van der Waals surface area contributed by atoms with Crippen LogP contribution in [0, 0.1) is 0 Å². The number of carbonyl (C=O) groups is 1. The number of aromatic nitrogens is 2. The number of hydrogen-bond acceptors (Lipinski definition) is 4. The van der Waals surface area contributed by atoms with Crippen molar-refractivity contribution >= 4 is 33.1 Å². The molecule has 1 N–H and O–H groups in total. The molecule has 2 heterocycles. The SMILES string of the molecule is CC(C)(C)c1ccccc1NC(=O)CCn1cnc2sc3c(c2c1=O)CCCC3. The molecule has 0 bridgehead atoms. The Morgan fingerprint density at radius 2 is 1.97 bits per heavy atom. The number of nitrogens with one attached hydrogen (secondary N) is 1. The minimum Gasteiger partial charge on any atom is -0.326 e. The smallest absolute Gasteiger partial charge is 0.262 e. The van der Waals surface area contributed by atoms with E-state index in [1.165, 1.54) is 16.9 Å². The summed E-state index contributed by atoms with van der Waals surface area (Å²) in [7, 11) is 0. The summed E-state index contributed by atoms with van der Waals surface area (Å²) in [6.45, 7) is 6.70. The number of fused-ring (bicyclic) bond motifs is 3. The number of thiophene rings is 1. The molecule has 4 rings (SSSR count). The lowest BCUT2D eigenvalue weighted by Gasteiger charge is -2.23. The van der Waals surface area contributed by atoms with Crippen molar-refractivity contribution < 1.29 is 4.79 Å². The van der Waals surface area contributed by atoms with Crippen LogP contribution in [0.4, 0.5) is 5.69 Å². The summed E-state index contributed by atoms with van der Waals surface area (Å²) in [4.78, 5) is 32.2. The van der Waals surface area contributed by atoms with Gasteiger partial charge >= 0.3 is 0 Å². The van der Waals surface area contributed by atoms with Gasteiger partial charge < -0.3 is 5.32 Å². The van der Waals surface area contributed by atoms with Crippen molar-refractivity contribution in [2.24, 2.45) is 0 Å². The molecule has 6 heteroatoms. The first kappa shape index (κ1) is 19.8. The molecule has 0 fully saturated rings. The maximum absolute atomic E-state index is 13.0. The fourth-order valence-electron chi connectivity index (χ4n) is 4.02. The Morgan fingerprint density at radius 1 is 1.21 bits per heavy atom. The van der Waals surface area contributed by atoms with Crippen LogP contribution in [0.2, 0.25) is 0 Å². The summed E-state index contributed by atoms with van der Waals surface area (Å²) in [6.07, 6.45) is 6.14. The molecule has 0 saturated carbocycles. The van der Waals surface area contributed by atoms with Gasteiger partial charge in [-0.25, -0.2) is 4.98 Å². The largest absolute Gasteiger partial charge is 0.326 e. The van der Waals surface area contributed by atoms with E-state index in [2.05, 4.69) is 31.1 Å².